The van der Waals surface area contributed by atoms with Crippen molar-refractivity contribution in [2.75, 3.05) is 13.7 Å². The standard InChI is InChI=1S/C11H21NO3/c1-10(2,15-3)7-8-12-11(9(13)14)5-4-6-11/h12H,4-8H2,1-3H3,(H,13,14). The van der Waals surface area contributed by atoms with Crippen LogP contribution in [0.2, 0.25) is 0 Å². The molecule has 0 amide bonds. The van der Waals surface area contributed by atoms with Gasteiger partial charge in [-0.1, -0.05) is 0 Å². The molecule has 0 bridgehead atoms. The molecule has 0 saturated heterocycles. The summed E-state index contributed by atoms with van der Waals surface area (Å²) in [4.78, 5) is 11.0. The van der Waals surface area contributed by atoms with Gasteiger partial charge in [0.2, 0.25) is 0 Å². The second kappa shape index (κ2) is 4.49. The zero-order valence-electron chi connectivity index (χ0n) is 9.80. The van der Waals surface area contributed by atoms with Crippen molar-refractivity contribution in [1.82, 2.24) is 5.32 Å². The molecule has 88 valence electrons. The highest BCUT2D eigenvalue weighted by atomic mass is 16.5. The van der Waals surface area contributed by atoms with Crippen molar-refractivity contribution >= 4 is 5.97 Å². The molecule has 1 fully saturated rings. The molecule has 0 atom stereocenters. The van der Waals surface area contributed by atoms with Gasteiger partial charge in [-0.05, 0) is 46.1 Å². The number of aliphatic carboxylic acids is 1. The van der Waals surface area contributed by atoms with E-state index in [-0.39, 0.29) is 5.60 Å². The summed E-state index contributed by atoms with van der Waals surface area (Å²) in [7, 11) is 1.68. The van der Waals surface area contributed by atoms with Crippen LogP contribution in [0.25, 0.3) is 0 Å². The third-order valence-electron chi connectivity index (χ3n) is 3.36. The van der Waals surface area contributed by atoms with Crippen LogP contribution in [0.15, 0.2) is 0 Å². The minimum atomic E-state index is -0.719. The van der Waals surface area contributed by atoms with E-state index in [9.17, 15) is 4.79 Å². The Morgan fingerprint density at radius 2 is 2.13 bits per heavy atom. The number of carboxylic acids is 1. The number of carboxylic acid groups (broad SMARTS) is 1. The maximum atomic E-state index is 11.0. The first-order chi connectivity index (χ1) is 6.92. The highest BCUT2D eigenvalue weighted by Gasteiger charge is 2.43. The lowest BCUT2D eigenvalue weighted by molar-refractivity contribution is -0.149. The van der Waals surface area contributed by atoms with Crippen molar-refractivity contribution < 1.29 is 14.6 Å². The van der Waals surface area contributed by atoms with Gasteiger partial charge in [0.05, 0.1) is 5.60 Å². The Kier molecular flexibility index (Phi) is 3.73. The zero-order chi connectivity index (χ0) is 11.5. The van der Waals surface area contributed by atoms with Crippen LogP contribution in [-0.4, -0.2) is 35.9 Å². The molecular weight excluding hydrogens is 194 g/mol. The molecule has 1 aliphatic rings. The zero-order valence-corrected chi connectivity index (χ0v) is 9.80. The molecule has 0 heterocycles. The highest BCUT2D eigenvalue weighted by molar-refractivity contribution is 5.79. The van der Waals surface area contributed by atoms with E-state index in [4.69, 9.17) is 9.84 Å². The van der Waals surface area contributed by atoms with E-state index < -0.39 is 11.5 Å². The summed E-state index contributed by atoms with van der Waals surface area (Å²) in [5.74, 6) is -0.719. The minimum Gasteiger partial charge on any atom is -0.480 e. The molecule has 1 aliphatic carbocycles. The summed E-state index contributed by atoms with van der Waals surface area (Å²) in [6.07, 6.45) is 3.32. The molecule has 0 aliphatic heterocycles. The van der Waals surface area contributed by atoms with Crippen LogP contribution in [0.3, 0.4) is 0 Å². The molecule has 0 radical (unpaired) electrons. The van der Waals surface area contributed by atoms with Crippen molar-refractivity contribution in [2.45, 2.75) is 50.7 Å². The largest absolute Gasteiger partial charge is 0.480 e. The van der Waals surface area contributed by atoms with Gasteiger partial charge in [-0.2, -0.15) is 0 Å². The van der Waals surface area contributed by atoms with Gasteiger partial charge in [-0.15, -0.1) is 0 Å². The van der Waals surface area contributed by atoms with Gasteiger partial charge in [0.1, 0.15) is 5.54 Å². The summed E-state index contributed by atoms with van der Waals surface area (Å²) in [6.45, 7) is 4.69. The number of carbonyl (C=O) groups is 1. The van der Waals surface area contributed by atoms with E-state index in [0.29, 0.717) is 6.54 Å². The van der Waals surface area contributed by atoms with Gasteiger partial charge < -0.3 is 15.2 Å². The average Bonchev–Trinajstić information content (AvgIpc) is 2.09. The molecule has 0 unspecified atom stereocenters. The molecule has 0 aromatic heterocycles. The van der Waals surface area contributed by atoms with Crippen LogP contribution >= 0.6 is 0 Å². The number of nitrogens with one attached hydrogen (secondary N) is 1. The summed E-state index contributed by atoms with van der Waals surface area (Å²) in [6, 6.07) is 0. The van der Waals surface area contributed by atoms with E-state index in [1.165, 1.54) is 0 Å². The maximum absolute atomic E-state index is 11.0. The van der Waals surface area contributed by atoms with Gasteiger partial charge in [-0.3, -0.25) is 4.79 Å². The van der Waals surface area contributed by atoms with Gasteiger partial charge >= 0.3 is 5.97 Å². The smallest absolute Gasteiger partial charge is 0.323 e. The van der Waals surface area contributed by atoms with Gasteiger partial charge in [-0.25, -0.2) is 0 Å². The number of ether oxygens (including phenoxy) is 1. The number of rotatable bonds is 6. The number of hydrogen-bond donors (Lipinski definition) is 2. The van der Waals surface area contributed by atoms with Crippen LogP contribution in [0.4, 0.5) is 0 Å². The van der Waals surface area contributed by atoms with Crippen molar-refractivity contribution in [3.05, 3.63) is 0 Å². The van der Waals surface area contributed by atoms with E-state index >= 15 is 0 Å². The van der Waals surface area contributed by atoms with Crippen LogP contribution in [0.5, 0.6) is 0 Å². The fraction of sp³-hybridized carbons (Fsp3) is 0.909. The Balaban J connectivity index is 2.33. The molecule has 0 aromatic rings. The molecule has 1 rings (SSSR count). The van der Waals surface area contributed by atoms with E-state index in [2.05, 4.69) is 5.32 Å². The average molecular weight is 215 g/mol. The molecule has 4 nitrogen and oxygen atoms in total. The Bertz CT molecular complexity index is 234. The summed E-state index contributed by atoms with van der Waals surface area (Å²) in [5.41, 5.74) is -0.833. The van der Waals surface area contributed by atoms with Crippen LogP contribution in [-0.2, 0) is 9.53 Å². The Labute approximate surface area is 91.0 Å². The predicted octanol–water partition coefficient (Wildman–Crippen LogP) is 1.40. The Hall–Kier alpha value is -0.610. The quantitative estimate of drug-likeness (QED) is 0.703. The normalized spacial score (nSPS) is 19.7. The van der Waals surface area contributed by atoms with Crippen molar-refractivity contribution in [1.29, 1.82) is 0 Å². The second-order valence-corrected chi connectivity index (χ2v) is 4.88. The third-order valence-corrected chi connectivity index (χ3v) is 3.36. The first-order valence-corrected chi connectivity index (χ1v) is 5.45. The van der Waals surface area contributed by atoms with E-state index in [0.717, 1.165) is 25.7 Å². The monoisotopic (exact) mass is 215 g/mol. The first kappa shape index (κ1) is 12.5. The van der Waals surface area contributed by atoms with E-state index in [1.54, 1.807) is 7.11 Å². The lowest BCUT2D eigenvalue weighted by Crippen LogP contribution is -2.57. The fourth-order valence-corrected chi connectivity index (χ4v) is 1.70. The second-order valence-electron chi connectivity index (χ2n) is 4.88. The van der Waals surface area contributed by atoms with Crippen LogP contribution in [0.1, 0.15) is 39.5 Å². The first-order valence-electron chi connectivity index (χ1n) is 5.45. The molecule has 4 heteroatoms. The molecule has 0 spiro atoms. The lowest BCUT2D eigenvalue weighted by Gasteiger charge is -2.39. The van der Waals surface area contributed by atoms with E-state index in [1.807, 2.05) is 13.8 Å². The molecule has 2 N–H and O–H groups in total. The van der Waals surface area contributed by atoms with Crippen LogP contribution < -0.4 is 5.32 Å². The molecule has 1 saturated carbocycles. The van der Waals surface area contributed by atoms with Gasteiger partial charge in [0.25, 0.3) is 0 Å². The minimum absolute atomic E-state index is 0.184. The Morgan fingerprint density at radius 3 is 2.47 bits per heavy atom. The summed E-state index contributed by atoms with van der Waals surface area (Å²) >= 11 is 0. The molecular formula is C11H21NO3. The van der Waals surface area contributed by atoms with Crippen molar-refractivity contribution in [3.63, 3.8) is 0 Å². The van der Waals surface area contributed by atoms with Crippen molar-refractivity contribution in [2.24, 2.45) is 0 Å². The topological polar surface area (TPSA) is 58.6 Å². The summed E-state index contributed by atoms with van der Waals surface area (Å²) < 4.78 is 5.28. The van der Waals surface area contributed by atoms with Crippen LogP contribution in [0, 0.1) is 0 Å². The van der Waals surface area contributed by atoms with Crippen molar-refractivity contribution in [3.8, 4) is 0 Å². The molecule has 15 heavy (non-hydrogen) atoms. The number of methoxy groups -OCH3 is 1. The summed E-state index contributed by atoms with van der Waals surface area (Å²) in [5, 5.41) is 12.2. The highest BCUT2D eigenvalue weighted by Crippen LogP contribution is 2.32. The van der Waals surface area contributed by atoms with Gasteiger partial charge in [0.15, 0.2) is 0 Å². The van der Waals surface area contributed by atoms with Gasteiger partial charge in [0, 0.05) is 7.11 Å². The molecule has 0 aromatic carbocycles. The maximum Gasteiger partial charge on any atom is 0.323 e. The lowest BCUT2D eigenvalue weighted by atomic mass is 9.76. The fourth-order valence-electron chi connectivity index (χ4n) is 1.70. The Morgan fingerprint density at radius 1 is 1.53 bits per heavy atom. The predicted molar refractivity (Wildman–Crippen MR) is 57.9 cm³/mol. The third kappa shape index (κ3) is 2.92. The number of hydrogen-bond acceptors (Lipinski definition) is 3. The SMILES string of the molecule is COC(C)(C)CCNC1(C(=O)O)CCC1.